The molecule has 20 heavy (non-hydrogen) atoms. The molecule has 0 unspecified atom stereocenters. The number of carbonyl (C=O) groups excluding carboxylic acids is 1. The summed E-state index contributed by atoms with van der Waals surface area (Å²) < 4.78 is 43.2. The zero-order valence-corrected chi connectivity index (χ0v) is 11.3. The Hall–Kier alpha value is -1.60. The van der Waals surface area contributed by atoms with Gasteiger partial charge in [-0.3, -0.25) is 4.79 Å². The summed E-state index contributed by atoms with van der Waals surface area (Å²) in [5, 5.41) is 2.36. The summed E-state index contributed by atoms with van der Waals surface area (Å²) in [6.07, 6.45) is -4.62. The van der Waals surface area contributed by atoms with Gasteiger partial charge in [-0.1, -0.05) is 0 Å². The van der Waals surface area contributed by atoms with Crippen LogP contribution in [0.15, 0.2) is 18.2 Å². The maximum atomic E-state index is 12.7. The van der Waals surface area contributed by atoms with Crippen LogP contribution in [0.1, 0.15) is 25.0 Å². The predicted octanol–water partition coefficient (Wildman–Crippen LogP) is 2.53. The van der Waals surface area contributed by atoms with Crippen LogP contribution in [-0.2, 0) is 22.3 Å². The molecule has 1 aromatic rings. The minimum absolute atomic E-state index is 0.0463. The maximum absolute atomic E-state index is 12.7. The molecule has 112 valence electrons. The molecule has 0 heterocycles. The highest BCUT2D eigenvalue weighted by atomic mass is 19.4. The number of carbonyl (C=O) groups is 1. The van der Waals surface area contributed by atoms with Crippen molar-refractivity contribution in [3.63, 3.8) is 0 Å². The van der Waals surface area contributed by atoms with E-state index in [2.05, 4.69) is 5.32 Å². The van der Waals surface area contributed by atoms with Crippen LogP contribution in [0, 0.1) is 0 Å². The van der Waals surface area contributed by atoms with E-state index >= 15 is 0 Å². The van der Waals surface area contributed by atoms with E-state index in [1.165, 1.54) is 6.07 Å². The van der Waals surface area contributed by atoms with Crippen LogP contribution < -0.4 is 11.1 Å². The van der Waals surface area contributed by atoms with Gasteiger partial charge in [0.05, 0.1) is 11.7 Å². The van der Waals surface area contributed by atoms with Crippen molar-refractivity contribution in [2.75, 3.05) is 11.9 Å². The second-order valence-electron chi connectivity index (χ2n) is 4.53. The molecular formula is C13H17F3N2O2. The number of amides is 1. The Labute approximate surface area is 115 Å². The van der Waals surface area contributed by atoms with E-state index in [9.17, 15) is 18.0 Å². The summed E-state index contributed by atoms with van der Waals surface area (Å²) in [6.45, 7) is 3.25. The minimum atomic E-state index is -4.49. The average Bonchev–Trinajstić information content (AvgIpc) is 2.34. The fraction of sp³-hybridized carbons (Fsp3) is 0.462. The molecule has 0 aliphatic carbocycles. The minimum Gasteiger partial charge on any atom is -0.369 e. The van der Waals surface area contributed by atoms with Gasteiger partial charge in [-0.05, 0) is 37.6 Å². The van der Waals surface area contributed by atoms with E-state index < -0.39 is 17.6 Å². The Kier molecular flexibility index (Phi) is 5.52. The van der Waals surface area contributed by atoms with Crippen molar-refractivity contribution in [1.29, 1.82) is 0 Å². The number of hydrogen-bond donors (Lipinski definition) is 2. The van der Waals surface area contributed by atoms with E-state index in [4.69, 9.17) is 10.5 Å². The zero-order valence-electron chi connectivity index (χ0n) is 11.3. The summed E-state index contributed by atoms with van der Waals surface area (Å²) >= 11 is 0. The molecule has 0 saturated heterocycles. The van der Waals surface area contributed by atoms with Gasteiger partial charge in [-0.15, -0.1) is 0 Å². The maximum Gasteiger partial charge on any atom is 0.416 e. The van der Waals surface area contributed by atoms with Gasteiger partial charge in [-0.25, -0.2) is 0 Å². The third-order valence-electron chi connectivity index (χ3n) is 2.39. The Balaban J connectivity index is 2.86. The van der Waals surface area contributed by atoms with Crippen LogP contribution in [0.3, 0.4) is 0 Å². The number of benzene rings is 1. The van der Waals surface area contributed by atoms with Crippen LogP contribution in [0.2, 0.25) is 0 Å². The molecule has 1 amide bonds. The second kappa shape index (κ2) is 6.71. The topological polar surface area (TPSA) is 64.3 Å². The summed E-state index contributed by atoms with van der Waals surface area (Å²) in [5.41, 5.74) is 4.85. The first kappa shape index (κ1) is 16.5. The van der Waals surface area contributed by atoms with E-state index in [0.717, 1.165) is 12.1 Å². The van der Waals surface area contributed by atoms with Gasteiger partial charge < -0.3 is 15.8 Å². The van der Waals surface area contributed by atoms with E-state index in [1.807, 2.05) is 0 Å². The third kappa shape index (κ3) is 5.18. The van der Waals surface area contributed by atoms with E-state index in [0.29, 0.717) is 5.56 Å². The lowest BCUT2D eigenvalue weighted by molar-refractivity contribution is -0.137. The van der Waals surface area contributed by atoms with Crippen molar-refractivity contribution in [2.45, 2.75) is 32.7 Å². The normalized spacial score (nSPS) is 11.8. The van der Waals surface area contributed by atoms with Gasteiger partial charge in [-0.2, -0.15) is 13.2 Å². The molecule has 4 nitrogen and oxygen atoms in total. The van der Waals surface area contributed by atoms with Crippen molar-refractivity contribution >= 4 is 11.6 Å². The quantitative estimate of drug-likeness (QED) is 0.876. The molecule has 7 heteroatoms. The zero-order chi connectivity index (χ0) is 15.3. The van der Waals surface area contributed by atoms with Gasteiger partial charge in [0.25, 0.3) is 0 Å². The standard InChI is InChI=1S/C13H17F3N2O2/c1-8(2)20-7-12(19)18-11-4-9(6-17)3-10(5-11)13(14,15)16/h3-5,8H,6-7,17H2,1-2H3,(H,18,19). The van der Waals surface area contributed by atoms with Crippen LogP contribution in [0.5, 0.6) is 0 Å². The van der Waals surface area contributed by atoms with Crippen LogP contribution in [-0.4, -0.2) is 18.6 Å². The first-order chi connectivity index (χ1) is 9.22. The molecule has 0 fully saturated rings. The van der Waals surface area contributed by atoms with Crippen molar-refractivity contribution in [2.24, 2.45) is 5.73 Å². The van der Waals surface area contributed by atoms with Gasteiger partial charge in [0, 0.05) is 12.2 Å². The van der Waals surface area contributed by atoms with Crippen molar-refractivity contribution < 1.29 is 22.7 Å². The summed E-state index contributed by atoms with van der Waals surface area (Å²) in [5.74, 6) is -0.513. The molecule has 0 aliphatic heterocycles. The molecule has 1 aromatic carbocycles. The van der Waals surface area contributed by atoms with E-state index in [1.54, 1.807) is 13.8 Å². The summed E-state index contributed by atoms with van der Waals surface area (Å²) in [4.78, 5) is 11.5. The third-order valence-corrected chi connectivity index (χ3v) is 2.39. The fourth-order valence-electron chi connectivity index (χ4n) is 1.49. The second-order valence-corrected chi connectivity index (χ2v) is 4.53. The number of nitrogens with two attached hydrogens (primary N) is 1. The summed E-state index contributed by atoms with van der Waals surface area (Å²) in [7, 11) is 0. The Morgan fingerprint density at radius 1 is 1.35 bits per heavy atom. The molecule has 3 N–H and O–H groups in total. The van der Waals surface area contributed by atoms with Crippen molar-refractivity contribution in [3.05, 3.63) is 29.3 Å². The van der Waals surface area contributed by atoms with Gasteiger partial charge >= 0.3 is 6.18 Å². The first-order valence-electron chi connectivity index (χ1n) is 6.05. The monoisotopic (exact) mass is 290 g/mol. The van der Waals surface area contributed by atoms with Crippen LogP contribution >= 0.6 is 0 Å². The van der Waals surface area contributed by atoms with E-state index in [-0.39, 0.29) is 24.9 Å². The number of hydrogen-bond acceptors (Lipinski definition) is 3. The molecular weight excluding hydrogens is 273 g/mol. The summed E-state index contributed by atoms with van der Waals surface area (Å²) in [6, 6.07) is 3.23. The molecule has 0 aromatic heterocycles. The Morgan fingerprint density at radius 3 is 2.50 bits per heavy atom. The average molecular weight is 290 g/mol. The molecule has 0 atom stereocenters. The molecule has 0 bridgehead atoms. The molecule has 0 aliphatic rings. The molecule has 0 radical (unpaired) electrons. The molecule has 1 rings (SSSR count). The fourth-order valence-corrected chi connectivity index (χ4v) is 1.49. The number of rotatable bonds is 5. The lowest BCUT2D eigenvalue weighted by Gasteiger charge is -2.13. The highest BCUT2D eigenvalue weighted by molar-refractivity contribution is 5.91. The molecule has 0 saturated carbocycles. The SMILES string of the molecule is CC(C)OCC(=O)Nc1cc(CN)cc(C(F)(F)F)c1. The van der Waals surface area contributed by atoms with Gasteiger partial charge in [0.15, 0.2) is 0 Å². The lowest BCUT2D eigenvalue weighted by Crippen LogP contribution is -2.21. The Bertz CT molecular complexity index is 473. The number of anilines is 1. The van der Waals surface area contributed by atoms with Crippen molar-refractivity contribution in [1.82, 2.24) is 0 Å². The van der Waals surface area contributed by atoms with Crippen LogP contribution in [0.25, 0.3) is 0 Å². The lowest BCUT2D eigenvalue weighted by atomic mass is 10.1. The number of ether oxygens (including phenoxy) is 1. The number of halogens is 3. The highest BCUT2D eigenvalue weighted by Gasteiger charge is 2.31. The number of nitrogens with one attached hydrogen (secondary N) is 1. The number of alkyl halides is 3. The van der Waals surface area contributed by atoms with Gasteiger partial charge in [0.2, 0.25) is 5.91 Å². The van der Waals surface area contributed by atoms with Crippen LogP contribution in [0.4, 0.5) is 18.9 Å². The smallest absolute Gasteiger partial charge is 0.369 e. The molecule has 0 spiro atoms. The Morgan fingerprint density at radius 2 is 2.00 bits per heavy atom. The first-order valence-corrected chi connectivity index (χ1v) is 6.05. The highest BCUT2D eigenvalue weighted by Crippen LogP contribution is 2.31. The largest absolute Gasteiger partial charge is 0.416 e. The van der Waals surface area contributed by atoms with Gasteiger partial charge in [0.1, 0.15) is 6.61 Å². The van der Waals surface area contributed by atoms with Crippen molar-refractivity contribution in [3.8, 4) is 0 Å². The predicted molar refractivity (Wildman–Crippen MR) is 69.1 cm³/mol.